The number of amidine groups is 1. The van der Waals surface area contributed by atoms with Gasteiger partial charge in [0, 0.05) is 5.39 Å². The topological polar surface area (TPSA) is 96.1 Å². The summed E-state index contributed by atoms with van der Waals surface area (Å²) in [6.45, 7) is 1.68. The Hall–Kier alpha value is -2.61. The standard InChI is InChI=1S/C14H12N4O3S/c1-8(15-17-14-18-16-12(19)7-22-14)10-6-9-4-2-3-5-11(9)21-13(10)20/h2-6H,7H2,1H3,(H,16,19)(H,17,18). The Kier molecular flexibility index (Phi) is 3.92. The van der Waals surface area contributed by atoms with E-state index in [0.29, 0.717) is 22.0 Å². The Morgan fingerprint density at radius 2 is 2.09 bits per heavy atom. The number of hydrogen-bond acceptors (Lipinski definition) is 6. The van der Waals surface area contributed by atoms with Gasteiger partial charge in [-0.05, 0) is 19.1 Å². The molecule has 0 unspecified atom stereocenters. The van der Waals surface area contributed by atoms with Gasteiger partial charge in [0.05, 0.1) is 17.0 Å². The van der Waals surface area contributed by atoms with E-state index in [1.54, 1.807) is 25.1 Å². The molecule has 3 rings (SSSR count). The second-order valence-corrected chi connectivity index (χ2v) is 5.50. The fourth-order valence-corrected chi connectivity index (χ4v) is 2.43. The Bertz CT molecular complexity index is 845. The van der Waals surface area contributed by atoms with Crippen molar-refractivity contribution in [1.29, 1.82) is 0 Å². The first-order valence-corrected chi connectivity index (χ1v) is 7.45. The molecule has 1 aliphatic heterocycles. The molecule has 7 nitrogen and oxygen atoms in total. The molecule has 0 radical (unpaired) electrons. The highest BCUT2D eigenvalue weighted by Crippen LogP contribution is 2.13. The number of hydrazine groups is 1. The maximum absolute atomic E-state index is 12.0. The summed E-state index contributed by atoms with van der Waals surface area (Å²) in [6.07, 6.45) is 0. The van der Waals surface area contributed by atoms with E-state index < -0.39 is 5.63 Å². The zero-order valence-electron chi connectivity index (χ0n) is 11.6. The number of carbonyl (C=O) groups is 1. The Labute approximate surface area is 129 Å². The van der Waals surface area contributed by atoms with Crippen LogP contribution in [-0.2, 0) is 4.79 Å². The molecule has 1 amide bonds. The van der Waals surface area contributed by atoms with Gasteiger partial charge in [0.1, 0.15) is 5.58 Å². The van der Waals surface area contributed by atoms with Crippen LogP contribution in [0.15, 0.2) is 49.7 Å². The van der Waals surface area contributed by atoms with Crippen molar-refractivity contribution in [1.82, 2.24) is 10.9 Å². The summed E-state index contributed by atoms with van der Waals surface area (Å²) >= 11 is 1.23. The highest BCUT2D eigenvalue weighted by molar-refractivity contribution is 8.14. The minimum atomic E-state index is -0.460. The summed E-state index contributed by atoms with van der Waals surface area (Å²) in [6, 6.07) is 8.99. The third kappa shape index (κ3) is 3.01. The Morgan fingerprint density at radius 1 is 1.27 bits per heavy atom. The van der Waals surface area contributed by atoms with Crippen molar-refractivity contribution in [3.05, 3.63) is 46.3 Å². The van der Waals surface area contributed by atoms with E-state index in [1.807, 2.05) is 12.1 Å². The molecule has 0 saturated carbocycles. The molecule has 1 fully saturated rings. The average molecular weight is 316 g/mol. The molecule has 0 atom stereocenters. The normalized spacial score (nSPS) is 17.4. The molecule has 1 aliphatic rings. The van der Waals surface area contributed by atoms with Crippen LogP contribution < -0.4 is 16.5 Å². The van der Waals surface area contributed by atoms with Crippen molar-refractivity contribution < 1.29 is 9.21 Å². The van der Waals surface area contributed by atoms with Gasteiger partial charge in [-0.15, -0.1) is 5.10 Å². The van der Waals surface area contributed by atoms with E-state index in [1.165, 1.54) is 11.8 Å². The number of nitrogens with zero attached hydrogens (tertiary/aromatic N) is 2. The number of thioether (sulfide) groups is 1. The summed E-state index contributed by atoms with van der Waals surface area (Å²) < 4.78 is 5.26. The summed E-state index contributed by atoms with van der Waals surface area (Å²) in [5.41, 5.74) is 5.93. The molecule has 1 saturated heterocycles. The molecule has 22 heavy (non-hydrogen) atoms. The SMILES string of the molecule is CC(=N/N=C1\NNC(=O)CS1)c1cc2ccccc2oc1=O. The van der Waals surface area contributed by atoms with Gasteiger partial charge in [0.2, 0.25) is 11.1 Å². The van der Waals surface area contributed by atoms with Crippen molar-refractivity contribution in [3.8, 4) is 0 Å². The zero-order valence-corrected chi connectivity index (χ0v) is 12.4. The van der Waals surface area contributed by atoms with E-state index in [0.717, 1.165) is 5.39 Å². The third-order valence-corrected chi connectivity index (χ3v) is 3.83. The molecule has 2 heterocycles. The number of nitrogens with one attached hydrogen (secondary N) is 2. The van der Waals surface area contributed by atoms with Crippen molar-refractivity contribution in [2.45, 2.75) is 6.92 Å². The Morgan fingerprint density at radius 3 is 2.86 bits per heavy atom. The molecule has 0 spiro atoms. The van der Waals surface area contributed by atoms with Gasteiger partial charge >= 0.3 is 5.63 Å². The van der Waals surface area contributed by atoms with Gasteiger partial charge in [-0.1, -0.05) is 30.0 Å². The summed E-state index contributed by atoms with van der Waals surface area (Å²) in [4.78, 5) is 23.0. The summed E-state index contributed by atoms with van der Waals surface area (Å²) in [5, 5.41) is 9.28. The zero-order chi connectivity index (χ0) is 15.5. The average Bonchev–Trinajstić information content (AvgIpc) is 2.53. The first-order chi connectivity index (χ1) is 10.6. The van der Waals surface area contributed by atoms with E-state index in [-0.39, 0.29) is 11.7 Å². The van der Waals surface area contributed by atoms with Crippen LogP contribution in [0.4, 0.5) is 0 Å². The molecule has 0 bridgehead atoms. The molecular weight excluding hydrogens is 304 g/mol. The lowest BCUT2D eigenvalue weighted by Gasteiger charge is -2.14. The van der Waals surface area contributed by atoms with Crippen LogP contribution in [-0.4, -0.2) is 22.5 Å². The molecule has 8 heteroatoms. The van der Waals surface area contributed by atoms with Gasteiger partial charge < -0.3 is 4.42 Å². The van der Waals surface area contributed by atoms with Crippen LogP contribution in [0.1, 0.15) is 12.5 Å². The highest BCUT2D eigenvalue weighted by atomic mass is 32.2. The van der Waals surface area contributed by atoms with E-state index in [9.17, 15) is 9.59 Å². The minimum Gasteiger partial charge on any atom is -0.422 e. The molecule has 0 aliphatic carbocycles. The van der Waals surface area contributed by atoms with Crippen LogP contribution in [0.3, 0.4) is 0 Å². The van der Waals surface area contributed by atoms with Gasteiger partial charge in [0.15, 0.2) is 0 Å². The number of hydrogen-bond donors (Lipinski definition) is 2. The van der Waals surface area contributed by atoms with Gasteiger partial charge in [-0.2, -0.15) is 5.10 Å². The van der Waals surface area contributed by atoms with E-state index in [2.05, 4.69) is 21.1 Å². The van der Waals surface area contributed by atoms with Crippen LogP contribution in [0.25, 0.3) is 11.0 Å². The molecular formula is C14H12N4O3S. The first kappa shape index (κ1) is 14.3. The van der Waals surface area contributed by atoms with Crippen LogP contribution in [0, 0.1) is 0 Å². The van der Waals surface area contributed by atoms with Crippen LogP contribution in [0.5, 0.6) is 0 Å². The van der Waals surface area contributed by atoms with Crippen molar-refractivity contribution >= 4 is 39.5 Å². The van der Waals surface area contributed by atoms with Crippen molar-refractivity contribution in [2.75, 3.05) is 5.75 Å². The summed E-state index contributed by atoms with van der Waals surface area (Å²) in [7, 11) is 0. The smallest absolute Gasteiger partial charge is 0.345 e. The number of fused-ring (bicyclic) bond motifs is 1. The first-order valence-electron chi connectivity index (χ1n) is 6.46. The fourth-order valence-electron chi connectivity index (χ4n) is 1.87. The van der Waals surface area contributed by atoms with Gasteiger partial charge in [0.25, 0.3) is 0 Å². The van der Waals surface area contributed by atoms with Crippen LogP contribution >= 0.6 is 11.8 Å². The number of carbonyl (C=O) groups excluding carboxylic acids is 1. The quantitative estimate of drug-likeness (QED) is 0.494. The second kappa shape index (κ2) is 6.02. The number of benzene rings is 1. The fraction of sp³-hybridized carbons (Fsp3) is 0.143. The predicted octanol–water partition coefficient (Wildman–Crippen LogP) is 1.24. The molecule has 2 aromatic rings. The molecule has 2 N–H and O–H groups in total. The highest BCUT2D eigenvalue weighted by Gasteiger charge is 2.13. The number of para-hydroxylation sites is 1. The monoisotopic (exact) mass is 316 g/mol. The molecule has 112 valence electrons. The predicted molar refractivity (Wildman–Crippen MR) is 85.9 cm³/mol. The molecule has 1 aromatic heterocycles. The minimum absolute atomic E-state index is 0.125. The van der Waals surface area contributed by atoms with E-state index in [4.69, 9.17) is 4.42 Å². The van der Waals surface area contributed by atoms with Gasteiger partial charge in [-0.3, -0.25) is 15.6 Å². The lowest BCUT2D eigenvalue weighted by molar-refractivity contribution is -0.119. The number of amides is 1. The molecule has 1 aromatic carbocycles. The Balaban J connectivity index is 1.91. The third-order valence-electron chi connectivity index (χ3n) is 2.97. The maximum atomic E-state index is 12.0. The lowest BCUT2D eigenvalue weighted by Crippen LogP contribution is -2.46. The van der Waals surface area contributed by atoms with Crippen molar-refractivity contribution in [3.63, 3.8) is 0 Å². The van der Waals surface area contributed by atoms with Crippen molar-refractivity contribution in [2.24, 2.45) is 10.2 Å². The summed E-state index contributed by atoms with van der Waals surface area (Å²) in [5.74, 6) is 0.151. The number of rotatable bonds is 2. The van der Waals surface area contributed by atoms with Gasteiger partial charge in [-0.25, -0.2) is 4.79 Å². The van der Waals surface area contributed by atoms with E-state index >= 15 is 0 Å². The lowest BCUT2D eigenvalue weighted by atomic mass is 10.1. The largest absolute Gasteiger partial charge is 0.422 e. The maximum Gasteiger partial charge on any atom is 0.345 e. The van der Waals surface area contributed by atoms with Crippen LogP contribution in [0.2, 0.25) is 0 Å². The second-order valence-electron chi connectivity index (χ2n) is 4.54.